The minimum Gasteiger partial charge on any atom is -0.450 e. The second kappa shape index (κ2) is 6.74. The second-order valence-electron chi connectivity index (χ2n) is 3.45. The van der Waals surface area contributed by atoms with E-state index in [-0.39, 0.29) is 17.6 Å². The van der Waals surface area contributed by atoms with E-state index >= 15 is 0 Å². The third kappa shape index (κ3) is 4.53. The Labute approximate surface area is 109 Å². The molecule has 1 heterocycles. The van der Waals surface area contributed by atoms with Crippen molar-refractivity contribution in [1.82, 2.24) is 21.5 Å². The van der Waals surface area contributed by atoms with Gasteiger partial charge in [0.2, 0.25) is 5.91 Å². The van der Waals surface area contributed by atoms with Crippen molar-refractivity contribution in [3.8, 4) is 0 Å². The summed E-state index contributed by atoms with van der Waals surface area (Å²) < 4.78 is 4.59. The lowest BCUT2D eigenvalue weighted by Gasteiger charge is -2.13. The Balaban J connectivity index is 2.23. The molecule has 0 spiro atoms. The maximum atomic E-state index is 11.5. The molecule has 1 unspecified atom stereocenters. The van der Waals surface area contributed by atoms with Crippen LogP contribution in [0.4, 0.5) is 4.79 Å². The highest BCUT2D eigenvalue weighted by Gasteiger charge is 2.27. The topological polar surface area (TPSA) is 109 Å². The summed E-state index contributed by atoms with van der Waals surface area (Å²) in [5.74, 6) is -0.587. The lowest BCUT2D eigenvalue weighted by Crippen LogP contribution is -2.53. The van der Waals surface area contributed by atoms with Gasteiger partial charge in [-0.2, -0.15) is 0 Å². The first-order valence-corrected chi connectivity index (χ1v) is 5.76. The number of carbonyl (C=O) groups is 3. The Morgan fingerprint density at radius 1 is 1.50 bits per heavy atom. The first kappa shape index (κ1) is 14.2. The fourth-order valence-electron chi connectivity index (χ4n) is 1.31. The molecule has 8 nitrogen and oxygen atoms in total. The maximum absolute atomic E-state index is 11.5. The van der Waals surface area contributed by atoms with E-state index in [1.165, 1.54) is 0 Å². The number of ether oxygens (including phenoxy) is 1. The number of nitrogens with one attached hydrogen (secondary N) is 4. The van der Waals surface area contributed by atoms with Crippen molar-refractivity contribution < 1.29 is 19.1 Å². The normalized spacial score (nSPS) is 17.6. The van der Waals surface area contributed by atoms with Gasteiger partial charge in [-0.15, -0.1) is 0 Å². The van der Waals surface area contributed by atoms with Crippen molar-refractivity contribution in [2.45, 2.75) is 25.8 Å². The Morgan fingerprint density at radius 3 is 2.78 bits per heavy atom. The van der Waals surface area contributed by atoms with Crippen LogP contribution in [0.2, 0.25) is 0 Å². The average molecular weight is 274 g/mol. The molecular formula is C9H14N4O4S. The van der Waals surface area contributed by atoms with E-state index in [4.69, 9.17) is 12.2 Å². The number of hydrazine groups is 1. The molecule has 0 aromatic carbocycles. The van der Waals surface area contributed by atoms with E-state index in [1.54, 1.807) is 6.92 Å². The third-order valence-electron chi connectivity index (χ3n) is 2.10. The zero-order valence-electron chi connectivity index (χ0n) is 9.74. The lowest BCUT2D eigenvalue weighted by atomic mass is 10.2. The molecule has 1 aliphatic rings. The van der Waals surface area contributed by atoms with Gasteiger partial charge in [-0.05, 0) is 25.6 Å². The molecule has 9 heteroatoms. The Bertz CT molecular complexity index is 374. The molecule has 0 bridgehead atoms. The van der Waals surface area contributed by atoms with Crippen LogP contribution in [-0.2, 0) is 14.3 Å². The van der Waals surface area contributed by atoms with Crippen LogP contribution in [0, 0.1) is 0 Å². The van der Waals surface area contributed by atoms with Gasteiger partial charge < -0.3 is 10.1 Å². The molecule has 1 fully saturated rings. The largest absolute Gasteiger partial charge is 0.450 e. The van der Waals surface area contributed by atoms with Gasteiger partial charge >= 0.3 is 6.09 Å². The molecule has 1 saturated heterocycles. The molecule has 0 aromatic rings. The molecule has 3 amide bonds. The van der Waals surface area contributed by atoms with Crippen molar-refractivity contribution in [1.29, 1.82) is 0 Å². The molecule has 0 saturated carbocycles. The van der Waals surface area contributed by atoms with Crippen molar-refractivity contribution in [3.05, 3.63) is 0 Å². The summed E-state index contributed by atoms with van der Waals surface area (Å²) in [7, 11) is 0. The Morgan fingerprint density at radius 2 is 2.22 bits per heavy atom. The SMILES string of the molecule is CCOC(=O)NC(=S)NNC(=O)C1CCC(=O)N1. The summed E-state index contributed by atoms with van der Waals surface area (Å²) in [5, 5.41) is 4.59. The smallest absolute Gasteiger partial charge is 0.413 e. The van der Waals surface area contributed by atoms with Crippen LogP contribution in [0.5, 0.6) is 0 Å². The van der Waals surface area contributed by atoms with Crippen molar-refractivity contribution in [3.63, 3.8) is 0 Å². The molecule has 1 atom stereocenters. The highest BCUT2D eigenvalue weighted by atomic mass is 32.1. The molecule has 18 heavy (non-hydrogen) atoms. The van der Waals surface area contributed by atoms with Crippen LogP contribution < -0.4 is 21.5 Å². The Kier molecular flexibility index (Phi) is 5.31. The fraction of sp³-hybridized carbons (Fsp3) is 0.556. The maximum Gasteiger partial charge on any atom is 0.413 e. The zero-order chi connectivity index (χ0) is 13.5. The van der Waals surface area contributed by atoms with Crippen molar-refractivity contribution >= 4 is 35.2 Å². The third-order valence-corrected chi connectivity index (χ3v) is 2.31. The molecular weight excluding hydrogens is 260 g/mol. The zero-order valence-corrected chi connectivity index (χ0v) is 10.6. The Hall–Kier alpha value is -1.90. The van der Waals surface area contributed by atoms with Gasteiger partial charge in [0.15, 0.2) is 5.11 Å². The molecule has 0 aliphatic carbocycles. The standard InChI is InChI=1S/C9H14N4O4S/c1-2-17-9(16)11-8(18)13-12-7(15)5-3-4-6(14)10-5/h5H,2-4H2,1H3,(H,10,14)(H,12,15)(H2,11,13,16,18). The van der Waals surface area contributed by atoms with Crippen LogP contribution in [-0.4, -0.2) is 35.7 Å². The van der Waals surface area contributed by atoms with E-state index in [2.05, 4.69) is 26.2 Å². The van der Waals surface area contributed by atoms with Crippen LogP contribution in [0.3, 0.4) is 0 Å². The van der Waals surface area contributed by atoms with Gasteiger partial charge in [0.25, 0.3) is 5.91 Å². The van der Waals surface area contributed by atoms with Gasteiger partial charge in [-0.3, -0.25) is 25.8 Å². The summed E-state index contributed by atoms with van der Waals surface area (Å²) in [6.45, 7) is 1.87. The molecule has 4 N–H and O–H groups in total. The van der Waals surface area contributed by atoms with E-state index in [9.17, 15) is 14.4 Å². The molecule has 0 radical (unpaired) electrons. The first-order valence-electron chi connectivity index (χ1n) is 5.36. The van der Waals surface area contributed by atoms with E-state index < -0.39 is 18.0 Å². The quantitative estimate of drug-likeness (QED) is 0.377. The van der Waals surface area contributed by atoms with Crippen LogP contribution in [0.1, 0.15) is 19.8 Å². The van der Waals surface area contributed by atoms with Crippen LogP contribution in [0.25, 0.3) is 0 Å². The number of thiocarbonyl (C=S) groups is 1. The van der Waals surface area contributed by atoms with E-state index in [0.29, 0.717) is 12.8 Å². The molecule has 1 rings (SSSR count). The predicted octanol–water partition coefficient (Wildman–Crippen LogP) is -1.08. The van der Waals surface area contributed by atoms with Gasteiger partial charge in [-0.25, -0.2) is 4.79 Å². The highest BCUT2D eigenvalue weighted by Crippen LogP contribution is 2.05. The molecule has 100 valence electrons. The summed E-state index contributed by atoms with van der Waals surface area (Å²) in [4.78, 5) is 33.4. The summed E-state index contributed by atoms with van der Waals surface area (Å²) in [5.41, 5.74) is 4.61. The molecule has 1 aliphatic heterocycles. The number of amides is 3. The van der Waals surface area contributed by atoms with Gasteiger partial charge in [0, 0.05) is 6.42 Å². The monoisotopic (exact) mass is 274 g/mol. The number of alkyl carbamates (subject to hydrolysis) is 1. The van der Waals surface area contributed by atoms with E-state index in [1.807, 2.05) is 0 Å². The summed E-state index contributed by atoms with van der Waals surface area (Å²) in [6, 6.07) is -0.574. The van der Waals surface area contributed by atoms with Crippen molar-refractivity contribution in [2.24, 2.45) is 0 Å². The number of hydrogen-bond acceptors (Lipinski definition) is 5. The molecule has 0 aromatic heterocycles. The predicted molar refractivity (Wildman–Crippen MR) is 65.2 cm³/mol. The van der Waals surface area contributed by atoms with Crippen LogP contribution >= 0.6 is 12.2 Å². The van der Waals surface area contributed by atoms with Crippen LogP contribution in [0.15, 0.2) is 0 Å². The highest BCUT2D eigenvalue weighted by molar-refractivity contribution is 7.80. The lowest BCUT2D eigenvalue weighted by molar-refractivity contribution is -0.126. The summed E-state index contributed by atoms with van der Waals surface area (Å²) >= 11 is 4.74. The van der Waals surface area contributed by atoms with E-state index in [0.717, 1.165) is 0 Å². The fourth-order valence-corrected chi connectivity index (χ4v) is 1.44. The van der Waals surface area contributed by atoms with Crippen molar-refractivity contribution in [2.75, 3.05) is 6.61 Å². The van der Waals surface area contributed by atoms with Gasteiger partial charge in [0.1, 0.15) is 6.04 Å². The minimum absolute atomic E-state index is 0.0916. The van der Waals surface area contributed by atoms with Gasteiger partial charge in [0.05, 0.1) is 6.61 Å². The second-order valence-corrected chi connectivity index (χ2v) is 3.86. The number of hydrogen-bond donors (Lipinski definition) is 4. The first-order chi connectivity index (χ1) is 8.52. The minimum atomic E-state index is -0.710. The average Bonchev–Trinajstić information content (AvgIpc) is 2.73. The summed E-state index contributed by atoms with van der Waals surface area (Å²) in [6.07, 6.45) is 0.0482. The number of carbonyl (C=O) groups excluding carboxylic acids is 3. The number of rotatable bonds is 2. The van der Waals surface area contributed by atoms with Gasteiger partial charge in [-0.1, -0.05) is 0 Å².